The Morgan fingerprint density at radius 1 is 0.788 bits per heavy atom. The number of morpholine rings is 1. The lowest BCUT2D eigenvalue weighted by Gasteiger charge is -2.33. The monoisotopic (exact) mass is 491 g/mol. The summed E-state index contributed by atoms with van der Waals surface area (Å²) in [7, 11) is -7.03. The molecule has 33 heavy (non-hydrogen) atoms. The fourth-order valence-corrected chi connectivity index (χ4v) is 6.61. The molecule has 2 heterocycles. The predicted octanol–water partition coefficient (Wildman–Crippen LogP) is 1.83. The van der Waals surface area contributed by atoms with Crippen LogP contribution in [0.4, 0.5) is 0 Å². The van der Waals surface area contributed by atoms with Gasteiger partial charge in [0, 0.05) is 51.2 Å². The van der Waals surface area contributed by atoms with E-state index in [0.29, 0.717) is 59.0 Å². The third-order valence-electron chi connectivity index (χ3n) is 5.84. The predicted molar refractivity (Wildman–Crippen MR) is 127 cm³/mol. The smallest absolute Gasteiger partial charge is 0.243 e. The van der Waals surface area contributed by atoms with E-state index in [-0.39, 0.29) is 4.90 Å². The lowest BCUT2D eigenvalue weighted by molar-refractivity contribution is 0.0730. The topological polar surface area (TPSA) is 87.2 Å². The van der Waals surface area contributed by atoms with Crippen LogP contribution in [-0.4, -0.2) is 82.8 Å². The summed E-state index contributed by atoms with van der Waals surface area (Å²) in [5.74, 6) is 0. The highest BCUT2D eigenvalue weighted by atomic mass is 32.2. The van der Waals surface area contributed by atoms with E-state index in [1.54, 1.807) is 24.3 Å². The van der Waals surface area contributed by atoms with Gasteiger partial charge in [0.25, 0.3) is 0 Å². The molecule has 0 spiro atoms. The molecule has 10 heteroatoms. The zero-order chi connectivity index (χ0) is 23.3. The van der Waals surface area contributed by atoms with Crippen LogP contribution in [0.3, 0.4) is 0 Å². The number of nitrogens with zero attached hydrogens (tertiary/aromatic N) is 3. The molecule has 2 aliphatic heterocycles. The number of hydrogen-bond donors (Lipinski definition) is 0. The number of ether oxygens (including phenoxy) is 1. The minimum atomic E-state index is -3.54. The molecule has 0 N–H and O–H groups in total. The summed E-state index contributed by atoms with van der Waals surface area (Å²) in [6.45, 7) is 4.07. The quantitative estimate of drug-likeness (QED) is 0.587. The first-order valence-electron chi connectivity index (χ1n) is 11.0. The molecule has 2 aromatic rings. The fourth-order valence-electron chi connectivity index (χ4n) is 3.96. The van der Waals surface area contributed by atoms with Crippen molar-refractivity contribution in [1.82, 2.24) is 13.5 Å². The zero-order valence-corrected chi connectivity index (χ0v) is 20.0. The van der Waals surface area contributed by atoms with Crippen LogP contribution in [0.25, 0.3) is 6.08 Å². The Kier molecular flexibility index (Phi) is 7.62. The van der Waals surface area contributed by atoms with Crippen molar-refractivity contribution in [3.8, 4) is 0 Å². The van der Waals surface area contributed by atoms with Gasteiger partial charge in [0.15, 0.2) is 0 Å². The van der Waals surface area contributed by atoms with Crippen LogP contribution in [0.2, 0.25) is 0 Å². The third-order valence-corrected chi connectivity index (χ3v) is 9.30. The van der Waals surface area contributed by atoms with Gasteiger partial charge in [-0.3, -0.25) is 4.90 Å². The molecule has 0 bridgehead atoms. The molecule has 2 fully saturated rings. The van der Waals surface area contributed by atoms with Crippen LogP contribution in [-0.2, 0) is 31.3 Å². The number of piperazine rings is 1. The average Bonchev–Trinajstić information content (AvgIpc) is 2.85. The Hall–Kier alpha value is -2.08. The Morgan fingerprint density at radius 3 is 2.18 bits per heavy atom. The second-order valence-corrected chi connectivity index (χ2v) is 11.9. The van der Waals surface area contributed by atoms with Gasteiger partial charge in [-0.15, -0.1) is 0 Å². The Bertz CT molecular complexity index is 1170. The van der Waals surface area contributed by atoms with Crippen molar-refractivity contribution in [3.63, 3.8) is 0 Å². The second kappa shape index (κ2) is 10.5. The molecule has 0 unspecified atom stereocenters. The molecular weight excluding hydrogens is 462 g/mol. The van der Waals surface area contributed by atoms with E-state index in [1.165, 1.54) is 14.0 Å². The summed E-state index contributed by atoms with van der Waals surface area (Å²) < 4.78 is 59.4. The summed E-state index contributed by atoms with van der Waals surface area (Å²) in [5, 5.41) is 1.26. The molecule has 2 aliphatic rings. The van der Waals surface area contributed by atoms with Gasteiger partial charge in [-0.2, -0.15) is 8.61 Å². The lowest BCUT2D eigenvalue weighted by atomic mass is 10.2. The van der Waals surface area contributed by atoms with Crippen LogP contribution >= 0.6 is 0 Å². The number of sulfonamides is 2. The normalized spacial score (nSPS) is 19.8. The number of rotatable bonds is 7. The second-order valence-electron chi connectivity index (χ2n) is 8.10. The van der Waals surface area contributed by atoms with Gasteiger partial charge in [0.1, 0.15) is 0 Å². The maximum absolute atomic E-state index is 12.9. The van der Waals surface area contributed by atoms with Crippen molar-refractivity contribution in [2.45, 2.75) is 11.4 Å². The summed E-state index contributed by atoms with van der Waals surface area (Å²) in [6.07, 6.45) is 1.61. The highest BCUT2D eigenvalue weighted by molar-refractivity contribution is 7.92. The SMILES string of the molecule is O=S(=O)(/C=C/c1ccccc1)N1CCN(Cc2cccc(S(=O)(=O)N3CCOCC3)c2)CC1. The first-order chi connectivity index (χ1) is 15.8. The average molecular weight is 492 g/mol. The van der Waals surface area contributed by atoms with Crippen LogP contribution in [0.15, 0.2) is 64.9 Å². The van der Waals surface area contributed by atoms with E-state index in [0.717, 1.165) is 11.1 Å². The summed E-state index contributed by atoms with van der Waals surface area (Å²) in [6, 6.07) is 16.3. The van der Waals surface area contributed by atoms with E-state index in [1.807, 2.05) is 36.4 Å². The van der Waals surface area contributed by atoms with Crippen LogP contribution < -0.4 is 0 Å². The van der Waals surface area contributed by atoms with Crippen molar-refractivity contribution in [3.05, 3.63) is 71.1 Å². The molecule has 2 aromatic carbocycles. The van der Waals surface area contributed by atoms with Crippen molar-refractivity contribution >= 4 is 26.1 Å². The van der Waals surface area contributed by atoms with E-state index in [9.17, 15) is 16.8 Å². The molecule has 8 nitrogen and oxygen atoms in total. The maximum atomic E-state index is 12.9. The molecule has 0 aliphatic carbocycles. The van der Waals surface area contributed by atoms with Crippen molar-refractivity contribution in [2.24, 2.45) is 0 Å². The fraction of sp³-hybridized carbons (Fsp3) is 0.391. The van der Waals surface area contributed by atoms with Crippen molar-refractivity contribution < 1.29 is 21.6 Å². The first-order valence-corrected chi connectivity index (χ1v) is 13.9. The van der Waals surface area contributed by atoms with E-state index in [2.05, 4.69) is 4.90 Å². The van der Waals surface area contributed by atoms with Crippen molar-refractivity contribution in [2.75, 3.05) is 52.5 Å². The molecule has 0 amide bonds. The molecule has 0 atom stereocenters. The van der Waals surface area contributed by atoms with Crippen LogP contribution in [0.5, 0.6) is 0 Å². The van der Waals surface area contributed by atoms with Gasteiger partial charge in [-0.05, 0) is 29.3 Å². The maximum Gasteiger partial charge on any atom is 0.243 e. The van der Waals surface area contributed by atoms with E-state index >= 15 is 0 Å². The molecule has 4 rings (SSSR count). The highest BCUT2D eigenvalue weighted by Crippen LogP contribution is 2.20. The van der Waals surface area contributed by atoms with Gasteiger partial charge in [0.2, 0.25) is 20.0 Å². The lowest BCUT2D eigenvalue weighted by Crippen LogP contribution is -2.47. The van der Waals surface area contributed by atoms with Crippen LogP contribution in [0, 0.1) is 0 Å². The molecule has 2 saturated heterocycles. The Balaban J connectivity index is 1.35. The zero-order valence-electron chi connectivity index (χ0n) is 18.4. The Morgan fingerprint density at radius 2 is 1.48 bits per heavy atom. The molecular formula is C23H29N3O5S2. The van der Waals surface area contributed by atoms with E-state index < -0.39 is 20.0 Å². The largest absolute Gasteiger partial charge is 0.379 e. The molecule has 0 aromatic heterocycles. The Labute approximate surface area is 196 Å². The minimum Gasteiger partial charge on any atom is -0.379 e. The minimum absolute atomic E-state index is 0.286. The highest BCUT2D eigenvalue weighted by Gasteiger charge is 2.28. The molecule has 178 valence electrons. The van der Waals surface area contributed by atoms with Gasteiger partial charge in [-0.1, -0.05) is 42.5 Å². The number of hydrogen-bond acceptors (Lipinski definition) is 6. The first kappa shape index (κ1) is 24.1. The van der Waals surface area contributed by atoms with Gasteiger partial charge in [0.05, 0.1) is 18.1 Å². The molecule has 0 saturated carbocycles. The summed E-state index contributed by atoms with van der Waals surface area (Å²) >= 11 is 0. The molecule has 0 radical (unpaired) electrons. The number of benzene rings is 2. The van der Waals surface area contributed by atoms with E-state index in [4.69, 9.17) is 4.74 Å². The summed E-state index contributed by atoms with van der Waals surface area (Å²) in [5.41, 5.74) is 1.73. The van der Waals surface area contributed by atoms with Gasteiger partial charge < -0.3 is 4.74 Å². The standard InChI is InChI=1S/C23H29N3O5S2/c27-32(28,18-9-21-5-2-1-3-6-21)25-12-10-24(11-13-25)20-22-7-4-8-23(19-22)33(29,30)26-14-16-31-17-15-26/h1-9,18-19H,10-17,20H2/b18-9+. The van der Waals surface area contributed by atoms with Crippen LogP contribution in [0.1, 0.15) is 11.1 Å². The van der Waals surface area contributed by atoms with Gasteiger partial charge >= 0.3 is 0 Å². The summed E-state index contributed by atoms with van der Waals surface area (Å²) in [4.78, 5) is 2.43. The van der Waals surface area contributed by atoms with Gasteiger partial charge in [-0.25, -0.2) is 16.8 Å². The third kappa shape index (κ3) is 6.08. The van der Waals surface area contributed by atoms with Crippen molar-refractivity contribution in [1.29, 1.82) is 0 Å².